The van der Waals surface area contributed by atoms with Gasteiger partial charge in [0.1, 0.15) is 5.82 Å². The van der Waals surface area contributed by atoms with Crippen molar-refractivity contribution in [3.05, 3.63) is 70.5 Å². The number of halogens is 1. The van der Waals surface area contributed by atoms with E-state index < -0.39 is 0 Å². The van der Waals surface area contributed by atoms with Gasteiger partial charge in [0.05, 0.1) is 0 Å². The van der Waals surface area contributed by atoms with E-state index in [0.29, 0.717) is 11.5 Å². The van der Waals surface area contributed by atoms with E-state index in [1.54, 1.807) is 6.07 Å². The molecule has 0 amide bonds. The number of fused-ring (bicyclic) bond motifs is 1. The van der Waals surface area contributed by atoms with Crippen LogP contribution in [0, 0.1) is 12.7 Å². The summed E-state index contributed by atoms with van der Waals surface area (Å²) in [5, 5.41) is 0. The maximum Gasteiger partial charge on any atom is 0.128 e. The van der Waals surface area contributed by atoms with Crippen LogP contribution < -0.4 is 5.73 Å². The molecule has 19 heavy (non-hydrogen) atoms. The lowest BCUT2D eigenvalue weighted by Gasteiger charge is -2.32. The van der Waals surface area contributed by atoms with Crippen LogP contribution in [0.15, 0.2) is 42.5 Å². The van der Waals surface area contributed by atoms with Crippen molar-refractivity contribution in [2.24, 2.45) is 5.73 Å². The summed E-state index contributed by atoms with van der Waals surface area (Å²) in [4.78, 5) is 0. The monoisotopic (exact) mass is 255 g/mol. The molecular formula is C17H18FN. The molecule has 0 spiro atoms. The zero-order valence-corrected chi connectivity index (χ0v) is 11.1. The molecule has 0 bridgehead atoms. The van der Waals surface area contributed by atoms with Crippen LogP contribution in [0.3, 0.4) is 0 Å². The van der Waals surface area contributed by atoms with Crippen LogP contribution >= 0.6 is 0 Å². The normalized spacial score (nSPS) is 18.6. The number of hydrogen-bond acceptors (Lipinski definition) is 1. The molecule has 2 aromatic carbocycles. The predicted molar refractivity (Wildman–Crippen MR) is 75.6 cm³/mol. The topological polar surface area (TPSA) is 26.0 Å². The van der Waals surface area contributed by atoms with Crippen LogP contribution in [0.4, 0.5) is 4.39 Å². The molecule has 1 aliphatic carbocycles. The van der Waals surface area contributed by atoms with E-state index in [2.05, 4.69) is 24.3 Å². The van der Waals surface area contributed by atoms with E-state index in [1.807, 2.05) is 19.1 Å². The number of hydrogen-bond donors (Lipinski definition) is 1. The summed E-state index contributed by atoms with van der Waals surface area (Å²) in [6.07, 6.45) is 1.88. The Morgan fingerprint density at radius 3 is 2.79 bits per heavy atom. The second-order valence-electron chi connectivity index (χ2n) is 5.47. The Bertz CT molecular complexity index is 606. The van der Waals surface area contributed by atoms with Crippen LogP contribution in [0.25, 0.3) is 0 Å². The molecule has 0 aromatic heterocycles. The average Bonchev–Trinajstić information content (AvgIpc) is 2.35. The first-order valence-electron chi connectivity index (χ1n) is 6.74. The van der Waals surface area contributed by atoms with Crippen molar-refractivity contribution in [1.82, 2.24) is 0 Å². The van der Waals surface area contributed by atoms with E-state index in [4.69, 9.17) is 5.73 Å². The number of rotatable bonds is 3. The number of aryl methyl sites for hydroxylation is 1. The van der Waals surface area contributed by atoms with Crippen LogP contribution in [0.5, 0.6) is 0 Å². The SMILES string of the molecule is Cc1ccc(C(N)CC2Cc3ccccc32)c(F)c1. The zero-order valence-electron chi connectivity index (χ0n) is 11.1. The van der Waals surface area contributed by atoms with Crippen LogP contribution in [0.1, 0.15) is 40.6 Å². The minimum Gasteiger partial charge on any atom is -0.324 e. The van der Waals surface area contributed by atoms with E-state index in [0.717, 1.165) is 18.4 Å². The molecule has 0 radical (unpaired) electrons. The molecule has 3 rings (SSSR count). The minimum atomic E-state index is -0.223. The van der Waals surface area contributed by atoms with Crippen LogP contribution in [-0.2, 0) is 6.42 Å². The first-order chi connectivity index (χ1) is 9.15. The van der Waals surface area contributed by atoms with Gasteiger partial charge in [-0.3, -0.25) is 0 Å². The molecule has 0 saturated heterocycles. The van der Waals surface area contributed by atoms with Crippen molar-refractivity contribution in [1.29, 1.82) is 0 Å². The molecular weight excluding hydrogens is 237 g/mol. The minimum absolute atomic E-state index is 0.180. The van der Waals surface area contributed by atoms with Gasteiger partial charge >= 0.3 is 0 Å². The standard InChI is InChI=1S/C17H18FN/c1-11-6-7-15(16(18)8-11)17(19)10-13-9-12-4-2-3-5-14(12)13/h2-8,13,17H,9-10,19H2,1H3. The Balaban J connectivity index is 1.75. The van der Waals surface area contributed by atoms with Gasteiger partial charge in [-0.25, -0.2) is 4.39 Å². The third-order valence-corrected chi connectivity index (χ3v) is 4.06. The fourth-order valence-corrected chi connectivity index (χ4v) is 2.94. The quantitative estimate of drug-likeness (QED) is 0.885. The molecule has 2 atom stereocenters. The van der Waals surface area contributed by atoms with Gasteiger partial charge in [0.15, 0.2) is 0 Å². The van der Waals surface area contributed by atoms with Gasteiger partial charge in [-0.2, -0.15) is 0 Å². The summed E-state index contributed by atoms with van der Waals surface area (Å²) in [6.45, 7) is 1.89. The van der Waals surface area contributed by atoms with Gasteiger partial charge in [-0.15, -0.1) is 0 Å². The highest BCUT2D eigenvalue weighted by molar-refractivity contribution is 5.40. The molecule has 2 heteroatoms. The lowest BCUT2D eigenvalue weighted by Crippen LogP contribution is -2.23. The summed E-state index contributed by atoms with van der Waals surface area (Å²) in [6, 6.07) is 13.5. The summed E-state index contributed by atoms with van der Waals surface area (Å²) >= 11 is 0. The van der Waals surface area contributed by atoms with E-state index in [-0.39, 0.29) is 11.9 Å². The second-order valence-corrected chi connectivity index (χ2v) is 5.47. The third-order valence-electron chi connectivity index (χ3n) is 4.06. The molecule has 0 aliphatic heterocycles. The lowest BCUT2D eigenvalue weighted by atomic mass is 9.74. The Hall–Kier alpha value is -1.67. The first-order valence-corrected chi connectivity index (χ1v) is 6.74. The number of benzene rings is 2. The Morgan fingerprint density at radius 2 is 2.05 bits per heavy atom. The molecule has 1 aliphatic rings. The van der Waals surface area contributed by atoms with Gasteiger partial charge in [0, 0.05) is 11.6 Å². The second kappa shape index (κ2) is 4.78. The Labute approximate surface area is 113 Å². The Kier molecular flexibility index (Phi) is 3.11. The maximum atomic E-state index is 13.9. The van der Waals surface area contributed by atoms with Gasteiger partial charge in [0.25, 0.3) is 0 Å². The molecule has 2 unspecified atom stereocenters. The van der Waals surface area contributed by atoms with Gasteiger partial charge in [-0.1, -0.05) is 36.4 Å². The highest BCUT2D eigenvalue weighted by atomic mass is 19.1. The lowest BCUT2D eigenvalue weighted by molar-refractivity contribution is 0.481. The molecule has 98 valence electrons. The molecule has 0 heterocycles. The van der Waals surface area contributed by atoms with E-state index in [1.165, 1.54) is 11.1 Å². The summed E-state index contributed by atoms with van der Waals surface area (Å²) in [5.41, 5.74) is 10.5. The average molecular weight is 255 g/mol. The molecule has 2 N–H and O–H groups in total. The summed E-state index contributed by atoms with van der Waals surface area (Å²) in [7, 11) is 0. The van der Waals surface area contributed by atoms with Crippen molar-refractivity contribution >= 4 is 0 Å². The molecule has 0 saturated carbocycles. The van der Waals surface area contributed by atoms with Crippen molar-refractivity contribution in [3.8, 4) is 0 Å². The fraction of sp³-hybridized carbons (Fsp3) is 0.294. The maximum absolute atomic E-state index is 13.9. The van der Waals surface area contributed by atoms with Crippen molar-refractivity contribution in [2.45, 2.75) is 31.7 Å². The smallest absolute Gasteiger partial charge is 0.128 e. The van der Waals surface area contributed by atoms with Crippen molar-refractivity contribution in [3.63, 3.8) is 0 Å². The fourth-order valence-electron chi connectivity index (χ4n) is 2.94. The van der Waals surface area contributed by atoms with E-state index >= 15 is 0 Å². The zero-order chi connectivity index (χ0) is 13.4. The molecule has 1 nitrogen and oxygen atoms in total. The van der Waals surface area contributed by atoms with Crippen molar-refractivity contribution < 1.29 is 4.39 Å². The van der Waals surface area contributed by atoms with Crippen LogP contribution in [0.2, 0.25) is 0 Å². The van der Waals surface area contributed by atoms with Gasteiger partial charge in [-0.05, 0) is 48.4 Å². The van der Waals surface area contributed by atoms with Crippen LogP contribution in [-0.4, -0.2) is 0 Å². The largest absolute Gasteiger partial charge is 0.324 e. The van der Waals surface area contributed by atoms with Crippen molar-refractivity contribution in [2.75, 3.05) is 0 Å². The Morgan fingerprint density at radius 1 is 1.26 bits per heavy atom. The summed E-state index contributed by atoms with van der Waals surface area (Å²) in [5.74, 6) is 0.298. The highest BCUT2D eigenvalue weighted by Crippen LogP contribution is 2.40. The summed E-state index contributed by atoms with van der Waals surface area (Å²) < 4.78 is 13.9. The third kappa shape index (κ3) is 2.28. The van der Waals surface area contributed by atoms with Gasteiger partial charge in [0.2, 0.25) is 0 Å². The number of nitrogens with two attached hydrogens (primary N) is 1. The molecule has 0 fully saturated rings. The first kappa shape index (κ1) is 12.4. The molecule has 2 aromatic rings. The van der Waals surface area contributed by atoms with Gasteiger partial charge < -0.3 is 5.73 Å². The van der Waals surface area contributed by atoms with E-state index in [9.17, 15) is 4.39 Å². The highest BCUT2D eigenvalue weighted by Gasteiger charge is 2.28. The predicted octanol–water partition coefficient (Wildman–Crippen LogP) is 3.86.